The zero-order valence-electron chi connectivity index (χ0n) is 10.0. The number of tetrazole rings is 1. The molecule has 7 heteroatoms. The van der Waals surface area contributed by atoms with Crippen LogP contribution in [0.4, 0.5) is 0 Å². The molecule has 0 amide bonds. The standard InChI is InChI=1S/C11H14ClN5O/c1-18-10-5-4-8(7-9(10)12)17-15-11(14-16-17)3-2-6-13/h4-5,7H,2-3,6,13H2,1H3. The summed E-state index contributed by atoms with van der Waals surface area (Å²) >= 11 is 6.04. The first-order chi connectivity index (χ1) is 8.74. The van der Waals surface area contributed by atoms with Crippen molar-refractivity contribution in [2.75, 3.05) is 13.7 Å². The third-order valence-electron chi connectivity index (χ3n) is 2.43. The maximum absolute atomic E-state index is 6.04. The predicted molar refractivity (Wildman–Crippen MR) is 68.1 cm³/mol. The molecule has 0 aliphatic carbocycles. The molecule has 0 radical (unpaired) electrons. The lowest BCUT2D eigenvalue weighted by atomic mass is 10.3. The largest absolute Gasteiger partial charge is 0.495 e. The number of nitrogens with two attached hydrogens (primary N) is 1. The molecule has 0 saturated heterocycles. The van der Waals surface area contributed by atoms with Gasteiger partial charge in [0.25, 0.3) is 0 Å². The molecule has 1 aromatic heterocycles. The van der Waals surface area contributed by atoms with E-state index >= 15 is 0 Å². The van der Waals surface area contributed by atoms with Gasteiger partial charge in [0.2, 0.25) is 0 Å². The number of halogens is 1. The minimum atomic E-state index is 0.510. The van der Waals surface area contributed by atoms with Crippen LogP contribution in [0, 0.1) is 0 Å². The van der Waals surface area contributed by atoms with Crippen LogP contribution in [-0.2, 0) is 6.42 Å². The fraction of sp³-hybridized carbons (Fsp3) is 0.364. The van der Waals surface area contributed by atoms with Crippen molar-refractivity contribution in [2.24, 2.45) is 5.73 Å². The lowest BCUT2D eigenvalue weighted by Gasteiger charge is -2.04. The van der Waals surface area contributed by atoms with Crippen LogP contribution in [0.25, 0.3) is 5.69 Å². The van der Waals surface area contributed by atoms with Gasteiger partial charge in [-0.3, -0.25) is 0 Å². The van der Waals surface area contributed by atoms with Crippen molar-refractivity contribution in [3.63, 3.8) is 0 Å². The van der Waals surface area contributed by atoms with Gasteiger partial charge >= 0.3 is 0 Å². The molecule has 2 N–H and O–H groups in total. The molecule has 0 spiro atoms. The van der Waals surface area contributed by atoms with Gasteiger partial charge in [0.05, 0.1) is 17.8 Å². The molecular formula is C11H14ClN5O. The van der Waals surface area contributed by atoms with Gasteiger partial charge in [0.1, 0.15) is 5.75 Å². The van der Waals surface area contributed by atoms with E-state index in [1.165, 1.54) is 4.80 Å². The first kappa shape index (κ1) is 12.8. The quantitative estimate of drug-likeness (QED) is 0.881. The number of rotatable bonds is 5. The Hall–Kier alpha value is -1.66. The monoisotopic (exact) mass is 267 g/mol. The number of nitrogens with zero attached hydrogens (tertiary/aromatic N) is 4. The third-order valence-corrected chi connectivity index (χ3v) is 2.72. The molecule has 6 nitrogen and oxygen atoms in total. The summed E-state index contributed by atoms with van der Waals surface area (Å²) in [6.07, 6.45) is 1.56. The fourth-order valence-electron chi connectivity index (χ4n) is 1.49. The van der Waals surface area contributed by atoms with Crippen molar-refractivity contribution < 1.29 is 4.74 Å². The van der Waals surface area contributed by atoms with Crippen molar-refractivity contribution in [1.82, 2.24) is 20.2 Å². The van der Waals surface area contributed by atoms with E-state index in [0.29, 0.717) is 23.1 Å². The maximum atomic E-state index is 6.04. The molecule has 2 aromatic rings. The minimum Gasteiger partial charge on any atom is -0.495 e. The molecule has 1 heterocycles. The first-order valence-electron chi connectivity index (χ1n) is 5.57. The van der Waals surface area contributed by atoms with E-state index in [0.717, 1.165) is 18.5 Å². The van der Waals surface area contributed by atoms with Crippen LogP contribution in [0.3, 0.4) is 0 Å². The van der Waals surface area contributed by atoms with Crippen LogP contribution in [-0.4, -0.2) is 33.9 Å². The minimum absolute atomic E-state index is 0.510. The molecule has 0 saturated carbocycles. The van der Waals surface area contributed by atoms with Gasteiger partial charge in [0, 0.05) is 6.42 Å². The highest BCUT2D eigenvalue weighted by molar-refractivity contribution is 6.32. The summed E-state index contributed by atoms with van der Waals surface area (Å²) in [5, 5.41) is 12.7. The molecule has 0 bridgehead atoms. The third kappa shape index (κ3) is 2.77. The smallest absolute Gasteiger partial charge is 0.175 e. The van der Waals surface area contributed by atoms with E-state index < -0.39 is 0 Å². The zero-order chi connectivity index (χ0) is 13.0. The van der Waals surface area contributed by atoms with Crippen LogP contribution < -0.4 is 10.5 Å². The van der Waals surface area contributed by atoms with E-state index in [9.17, 15) is 0 Å². The molecule has 0 fully saturated rings. The maximum Gasteiger partial charge on any atom is 0.175 e. The summed E-state index contributed by atoms with van der Waals surface area (Å²) in [6.45, 7) is 0.614. The number of hydrogen-bond donors (Lipinski definition) is 1. The number of ether oxygens (including phenoxy) is 1. The molecule has 0 atom stereocenters. The van der Waals surface area contributed by atoms with Crippen LogP contribution in [0.5, 0.6) is 5.75 Å². The summed E-state index contributed by atoms with van der Waals surface area (Å²) in [5.74, 6) is 1.29. The number of methoxy groups -OCH3 is 1. The highest BCUT2D eigenvalue weighted by Gasteiger charge is 2.07. The van der Waals surface area contributed by atoms with Gasteiger partial charge in [-0.05, 0) is 36.4 Å². The van der Waals surface area contributed by atoms with Crippen LogP contribution >= 0.6 is 11.6 Å². The van der Waals surface area contributed by atoms with Gasteiger partial charge in [-0.15, -0.1) is 15.0 Å². The van der Waals surface area contributed by atoms with E-state index in [1.54, 1.807) is 19.2 Å². The highest BCUT2D eigenvalue weighted by atomic mass is 35.5. The number of aromatic nitrogens is 4. The van der Waals surface area contributed by atoms with Crippen LogP contribution in [0.1, 0.15) is 12.2 Å². The van der Waals surface area contributed by atoms with Gasteiger partial charge in [-0.25, -0.2) is 0 Å². The summed E-state index contributed by atoms with van der Waals surface area (Å²) in [5.41, 5.74) is 6.17. The normalized spacial score (nSPS) is 10.6. The Morgan fingerprint density at radius 2 is 2.28 bits per heavy atom. The summed E-state index contributed by atoms with van der Waals surface area (Å²) in [6, 6.07) is 5.31. The second-order valence-corrected chi connectivity index (χ2v) is 4.11. The predicted octanol–water partition coefficient (Wildman–Crippen LogP) is 1.22. The Bertz CT molecular complexity index is 528. The van der Waals surface area contributed by atoms with Gasteiger partial charge in [-0.2, -0.15) is 0 Å². The molecule has 0 aliphatic rings. The molecule has 96 valence electrons. The first-order valence-corrected chi connectivity index (χ1v) is 5.95. The van der Waals surface area contributed by atoms with Crippen molar-refractivity contribution in [3.05, 3.63) is 29.0 Å². The van der Waals surface area contributed by atoms with E-state index in [4.69, 9.17) is 22.1 Å². The van der Waals surface area contributed by atoms with Gasteiger partial charge in [0.15, 0.2) is 5.82 Å². The van der Waals surface area contributed by atoms with Crippen molar-refractivity contribution >= 4 is 11.6 Å². The van der Waals surface area contributed by atoms with E-state index in [1.807, 2.05) is 6.07 Å². The van der Waals surface area contributed by atoms with E-state index in [2.05, 4.69) is 15.4 Å². The Kier molecular flexibility index (Phi) is 4.11. The SMILES string of the molecule is COc1ccc(-n2nnc(CCCN)n2)cc1Cl. The molecule has 0 unspecified atom stereocenters. The van der Waals surface area contributed by atoms with Crippen molar-refractivity contribution in [3.8, 4) is 11.4 Å². The topological polar surface area (TPSA) is 78.8 Å². The molecule has 18 heavy (non-hydrogen) atoms. The van der Waals surface area contributed by atoms with Gasteiger partial charge < -0.3 is 10.5 Å². The molecule has 2 rings (SSSR count). The highest BCUT2D eigenvalue weighted by Crippen LogP contribution is 2.25. The lowest BCUT2D eigenvalue weighted by molar-refractivity contribution is 0.415. The zero-order valence-corrected chi connectivity index (χ0v) is 10.8. The Labute approximate surface area is 110 Å². The van der Waals surface area contributed by atoms with Crippen molar-refractivity contribution in [1.29, 1.82) is 0 Å². The molecule has 0 aliphatic heterocycles. The second-order valence-electron chi connectivity index (χ2n) is 3.71. The summed E-state index contributed by atoms with van der Waals surface area (Å²) in [4.78, 5) is 1.44. The number of hydrogen-bond acceptors (Lipinski definition) is 5. The van der Waals surface area contributed by atoms with Crippen LogP contribution in [0.15, 0.2) is 18.2 Å². The van der Waals surface area contributed by atoms with Crippen LogP contribution in [0.2, 0.25) is 5.02 Å². The van der Waals surface area contributed by atoms with Gasteiger partial charge in [-0.1, -0.05) is 11.6 Å². The van der Waals surface area contributed by atoms with Crippen molar-refractivity contribution in [2.45, 2.75) is 12.8 Å². The van der Waals surface area contributed by atoms with E-state index in [-0.39, 0.29) is 0 Å². The molecule has 1 aromatic carbocycles. The summed E-state index contributed by atoms with van der Waals surface area (Å²) < 4.78 is 5.08. The molecular weight excluding hydrogens is 254 g/mol. The fourth-order valence-corrected chi connectivity index (χ4v) is 1.74. The lowest BCUT2D eigenvalue weighted by Crippen LogP contribution is -2.02. The Morgan fingerprint density at radius 1 is 1.44 bits per heavy atom. The second kappa shape index (κ2) is 5.79. The Balaban J connectivity index is 2.20. The average Bonchev–Trinajstić information content (AvgIpc) is 2.85. The Morgan fingerprint density at radius 3 is 2.94 bits per heavy atom. The average molecular weight is 268 g/mol. The number of benzene rings is 1. The summed E-state index contributed by atoms with van der Waals surface area (Å²) in [7, 11) is 1.57. The number of aryl methyl sites for hydroxylation is 1.